The number of aliphatic carboxylic acids is 1. The van der Waals surface area contributed by atoms with Crippen LogP contribution in [0.1, 0.15) is 17.5 Å². The number of hydrogen-bond acceptors (Lipinski definition) is 8. The highest BCUT2D eigenvalue weighted by atomic mass is 79.9. The lowest BCUT2D eigenvalue weighted by atomic mass is 10.2. The van der Waals surface area contributed by atoms with E-state index in [0.29, 0.717) is 28.1 Å². The van der Waals surface area contributed by atoms with Crippen molar-refractivity contribution in [1.82, 2.24) is 10.6 Å². The summed E-state index contributed by atoms with van der Waals surface area (Å²) in [6.45, 7) is 0.211. The van der Waals surface area contributed by atoms with Gasteiger partial charge in [0.15, 0.2) is 23.3 Å². The largest absolute Gasteiger partial charge is 0.493 e. The molecule has 1 aliphatic heterocycles. The molecule has 34 heavy (non-hydrogen) atoms. The van der Waals surface area contributed by atoms with Gasteiger partial charge in [0, 0.05) is 16.6 Å². The molecule has 0 bridgehead atoms. The van der Waals surface area contributed by atoms with E-state index in [1.165, 1.54) is 13.3 Å². The number of nitrogens with one attached hydrogen (secondary N) is 2. The van der Waals surface area contributed by atoms with Crippen LogP contribution in [0.25, 0.3) is 0 Å². The zero-order chi connectivity index (χ0) is 24.5. The summed E-state index contributed by atoms with van der Waals surface area (Å²) >= 11 is 4.43. The fourth-order valence-corrected chi connectivity index (χ4v) is 4.14. The molecule has 12 heteroatoms. The number of rotatable bonds is 10. The van der Waals surface area contributed by atoms with Gasteiger partial charge < -0.3 is 25.2 Å². The second-order valence-electron chi connectivity index (χ2n) is 6.92. The van der Waals surface area contributed by atoms with Gasteiger partial charge in [0.2, 0.25) is 5.91 Å². The first-order valence-corrected chi connectivity index (χ1v) is 11.6. The third-order valence-electron chi connectivity index (χ3n) is 4.46. The smallest absolute Gasteiger partial charge is 0.305 e. The summed E-state index contributed by atoms with van der Waals surface area (Å²) in [5, 5.41) is 21.5. The second kappa shape index (κ2) is 12.2. The van der Waals surface area contributed by atoms with E-state index in [9.17, 15) is 14.4 Å². The van der Waals surface area contributed by atoms with Crippen molar-refractivity contribution in [2.45, 2.75) is 18.2 Å². The number of thioether (sulfide) groups is 1. The highest BCUT2D eigenvalue weighted by Crippen LogP contribution is 2.33. The molecule has 3 rings (SSSR count). The maximum absolute atomic E-state index is 12.1. The van der Waals surface area contributed by atoms with Crippen LogP contribution in [-0.2, 0) is 20.9 Å². The third-order valence-corrected chi connectivity index (χ3v) is 6.22. The molecule has 3 N–H and O–H groups in total. The number of halogens is 1. The molecule has 0 spiro atoms. The van der Waals surface area contributed by atoms with Crippen LogP contribution in [0.5, 0.6) is 11.5 Å². The predicted octanol–water partition coefficient (Wildman–Crippen LogP) is 2.55. The SMILES string of the molecule is COc1cc(C=NN=C2NC(=O)C(CC(=O)O)S2)c(Br)cc1OCC(=O)NCc1ccccc1. The molecule has 1 fully saturated rings. The number of amidine groups is 1. The molecule has 2 aromatic rings. The van der Waals surface area contributed by atoms with E-state index in [2.05, 4.69) is 36.8 Å². The molecule has 2 aromatic carbocycles. The van der Waals surface area contributed by atoms with Crippen LogP contribution in [0.4, 0.5) is 0 Å². The number of ether oxygens (including phenoxy) is 2. The number of nitrogens with zero attached hydrogens (tertiary/aromatic N) is 2. The Morgan fingerprint density at radius 3 is 2.74 bits per heavy atom. The molecule has 0 radical (unpaired) electrons. The van der Waals surface area contributed by atoms with Crippen molar-refractivity contribution in [1.29, 1.82) is 0 Å². The third kappa shape index (κ3) is 7.32. The van der Waals surface area contributed by atoms with Gasteiger partial charge in [0.1, 0.15) is 5.25 Å². The Morgan fingerprint density at radius 2 is 2.03 bits per heavy atom. The molecular weight excluding hydrogens is 528 g/mol. The van der Waals surface area contributed by atoms with E-state index in [-0.39, 0.29) is 24.1 Å². The standard InChI is InChI=1S/C22H21BrN4O6S/c1-32-16-7-14(11-25-27-22-26-21(31)18(34-22)9-20(29)30)15(23)8-17(16)33-12-19(28)24-10-13-5-3-2-4-6-13/h2-8,11,18H,9-10,12H2,1H3,(H,24,28)(H,29,30)(H,26,27,31). The van der Waals surface area contributed by atoms with Gasteiger partial charge in [-0.05, 0) is 33.6 Å². The van der Waals surface area contributed by atoms with Crippen LogP contribution >= 0.6 is 27.7 Å². The van der Waals surface area contributed by atoms with Crippen LogP contribution in [0.15, 0.2) is 57.1 Å². The van der Waals surface area contributed by atoms with Crippen LogP contribution in [0, 0.1) is 0 Å². The molecule has 1 saturated heterocycles. The molecule has 178 valence electrons. The van der Waals surface area contributed by atoms with E-state index in [4.69, 9.17) is 14.6 Å². The normalized spacial score (nSPS) is 16.5. The minimum atomic E-state index is -1.07. The number of methoxy groups -OCH3 is 1. The molecule has 0 aromatic heterocycles. The number of benzene rings is 2. The Labute approximate surface area is 207 Å². The van der Waals surface area contributed by atoms with Gasteiger partial charge in [-0.15, -0.1) is 5.10 Å². The van der Waals surface area contributed by atoms with Crippen LogP contribution in [0.2, 0.25) is 0 Å². The van der Waals surface area contributed by atoms with Gasteiger partial charge in [-0.25, -0.2) is 0 Å². The second-order valence-corrected chi connectivity index (χ2v) is 8.96. The quantitative estimate of drug-likeness (QED) is 0.306. The average Bonchev–Trinajstić information content (AvgIpc) is 3.16. The van der Waals surface area contributed by atoms with Crippen molar-refractivity contribution in [2.75, 3.05) is 13.7 Å². The molecule has 2 amide bonds. The van der Waals surface area contributed by atoms with Crippen LogP contribution < -0.4 is 20.1 Å². The Morgan fingerprint density at radius 1 is 1.26 bits per heavy atom. The van der Waals surface area contributed by atoms with Gasteiger partial charge in [-0.1, -0.05) is 42.1 Å². The number of carbonyl (C=O) groups excluding carboxylic acids is 2. The lowest BCUT2D eigenvalue weighted by molar-refractivity contribution is -0.138. The summed E-state index contributed by atoms with van der Waals surface area (Å²) in [6, 6.07) is 12.8. The molecule has 10 nitrogen and oxygen atoms in total. The van der Waals surface area contributed by atoms with Crippen molar-refractivity contribution in [3.8, 4) is 11.5 Å². The Bertz CT molecular complexity index is 1130. The summed E-state index contributed by atoms with van der Waals surface area (Å²) in [7, 11) is 1.47. The van der Waals surface area contributed by atoms with Gasteiger partial charge >= 0.3 is 5.97 Å². The average molecular weight is 549 g/mol. The summed E-state index contributed by atoms with van der Waals surface area (Å²) < 4.78 is 11.6. The number of hydrogen-bond donors (Lipinski definition) is 3. The molecule has 1 atom stereocenters. The number of carboxylic acids is 1. The number of carboxylic acid groups (broad SMARTS) is 1. The summed E-state index contributed by atoms with van der Waals surface area (Å²) in [5.41, 5.74) is 1.59. The minimum Gasteiger partial charge on any atom is -0.493 e. The van der Waals surface area contributed by atoms with Crippen LogP contribution in [-0.4, -0.2) is 53.2 Å². The van der Waals surface area contributed by atoms with Gasteiger partial charge in [0.05, 0.1) is 19.7 Å². The van der Waals surface area contributed by atoms with Crippen molar-refractivity contribution in [2.24, 2.45) is 10.2 Å². The number of amides is 2. The Kier molecular flexibility index (Phi) is 9.05. The first-order valence-electron chi connectivity index (χ1n) is 9.97. The topological polar surface area (TPSA) is 139 Å². The zero-order valence-electron chi connectivity index (χ0n) is 18.0. The van der Waals surface area contributed by atoms with Crippen molar-refractivity contribution < 1.29 is 29.0 Å². The summed E-state index contributed by atoms with van der Waals surface area (Å²) in [4.78, 5) is 34.7. The maximum Gasteiger partial charge on any atom is 0.305 e. The van der Waals surface area contributed by atoms with Crippen molar-refractivity contribution >= 4 is 56.9 Å². The summed E-state index contributed by atoms with van der Waals surface area (Å²) in [5.74, 6) is -1.01. The van der Waals surface area contributed by atoms with E-state index < -0.39 is 17.1 Å². The monoisotopic (exact) mass is 548 g/mol. The Balaban J connectivity index is 1.59. The summed E-state index contributed by atoms with van der Waals surface area (Å²) in [6.07, 6.45) is 1.14. The predicted molar refractivity (Wildman–Crippen MR) is 131 cm³/mol. The van der Waals surface area contributed by atoms with E-state index in [1.807, 2.05) is 30.3 Å². The van der Waals surface area contributed by atoms with E-state index >= 15 is 0 Å². The maximum atomic E-state index is 12.1. The molecular formula is C22H21BrN4O6S. The van der Waals surface area contributed by atoms with Crippen molar-refractivity contribution in [3.63, 3.8) is 0 Å². The Hall–Kier alpha value is -3.38. The fraction of sp³-hybridized carbons (Fsp3) is 0.227. The fourth-order valence-electron chi connectivity index (χ4n) is 2.80. The zero-order valence-corrected chi connectivity index (χ0v) is 20.4. The molecule has 1 unspecified atom stereocenters. The van der Waals surface area contributed by atoms with Gasteiger partial charge in [-0.2, -0.15) is 5.10 Å². The van der Waals surface area contributed by atoms with E-state index in [1.54, 1.807) is 12.1 Å². The molecule has 1 aliphatic rings. The highest BCUT2D eigenvalue weighted by Gasteiger charge is 2.32. The highest BCUT2D eigenvalue weighted by molar-refractivity contribution is 9.10. The van der Waals surface area contributed by atoms with Crippen molar-refractivity contribution in [3.05, 3.63) is 58.1 Å². The van der Waals surface area contributed by atoms with Gasteiger partial charge in [0.25, 0.3) is 5.91 Å². The number of carbonyl (C=O) groups is 3. The van der Waals surface area contributed by atoms with Crippen LogP contribution in [0.3, 0.4) is 0 Å². The molecule has 1 heterocycles. The minimum absolute atomic E-state index is 0.189. The lowest BCUT2D eigenvalue weighted by Crippen LogP contribution is -2.28. The lowest BCUT2D eigenvalue weighted by Gasteiger charge is -2.12. The first-order chi connectivity index (χ1) is 16.4. The van der Waals surface area contributed by atoms with E-state index in [0.717, 1.165) is 17.3 Å². The molecule has 0 aliphatic carbocycles. The molecule has 0 saturated carbocycles. The first kappa shape index (κ1) is 25.2. The van der Waals surface area contributed by atoms with Gasteiger partial charge in [-0.3, -0.25) is 14.4 Å².